The van der Waals surface area contributed by atoms with Gasteiger partial charge in [-0.2, -0.15) is 0 Å². The van der Waals surface area contributed by atoms with E-state index in [9.17, 15) is 0 Å². The standard InChI is InChI=1S/C18H20N2/c1-4-5-6-7-8-9-10-11-12-13-19-14-16-20(17-15-19)18(2)3/h4,18H,1,5,14-17H2,2-3H3. The summed E-state index contributed by atoms with van der Waals surface area (Å²) >= 11 is 0. The van der Waals surface area contributed by atoms with Gasteiger partial charge in [0.25, 0.3) is 0 Å². The third-order valence-corrected chi connectivity index (χ3v) is 2.91. The van der Waals surface area contributed by atoms with Crippen molar-refractivity contribution in [3.05, 3.63) is 12.7 Å². The maximum Gasteiger partial charge on any atom is 0.0389 e. The summed E-state index contributed by atoms with van der Waals surface area (Å²) in [7, 11) is 0. The average molecular weight is 264 g/mol. The maximum atomic E-state index is 3.57. The maximum absolute atomic E-state index is 3.57. The van der Waals surface area contributed by atoms with Gasteiger partial charge in [-0.25, -0.2) is 0 Å². The zero-order chi connectivity index (χ0) is 14.6. The Labute approximate surface area is 123 Å². The van der Waals surface area contributed by atoms with Gasteiger partial charge in [-0.15, -0.1) is 6.58 Å². The molecule has 0 atom stereocenters. The smallest absolute Gasteiger partial charge is 0.0389 e. The minimum atomic E-state index is 0.613. The number of hydrogen-bond acceptors (Lipinski definition) is 2. The SMILES string of the molecule is C=CCC#CC#CC#CC#CN1CCN(C(C)C)CC1. The first kappa shape index (κ1) is 15.8. The van der Waals surface area contributed by atoms with E-state index < -0.39 is 0 Å². The quantitative estimate of drug-likeness (QED) is 0.552. The van der Waals surface area contributed by atoms with Crippen LogP contribution in [0, 0.1) is 47.5 Å². The van der Waals surface area contributed by atoms with Crippen LogP contribution in [0.25, 0.3) is 0 Å². The molecule has 0 bridgehead atoms. The lowest BCUT2D eigenvalue weighted by Crippen LogP contribution is -2.47. The number of allylic oxidation sites excluding steroid dienone is 1. The lowest BCUT2D eigenvalue weighted by molar-refractivity contribution is 0.143. The Balaban J connectivity index is 2.34. The summed E-state index contributed by atoms with van der Waals surface area (Å²) in [5.74, 6) is 19.1. The van der Waals surface area contributed by atoms with Crippen molar-refractivity contribution < 1.29 is 0 Å². The van der Waals surface area contributed by atoms with Crippen LogP contribution >= 0.6 is 0 Å². The van der Waals surface area contributed by atoms with Gasteiger partial charge in [0.15, 0.2) is 0 Å². The van der Waals surface area contributed by atoms with Gasteiger partial charge in [-0.3, -0.25) is 4.90 Å². The first-order chi connectivity index (χ1) is 9.74. The number of piperazine rings is 1. The summed E-state index contributed by atoms with van der Waals surface area (Å²) < 4.78 is 0. The van der Waals surface area contributed by atoms with Gasteiger partial charge in [0, 0.05) is 62.4 Å². The largest absolute Gasteiger partial charge is 0.329 e. The molecule has 0 aromatic carbocycles. The van der Waals surface area contributed by atoms with Crippen LogP contribution in [0.2, 0.25) is 0 Å². The van der Waals surface area contributed by atoms with Gasteiger partial charge >= 0.3 is 0 Å². The summed E-state index contributed by atoms with van der Waals surface area (Å²) in [5.41, 5.74) is 0. The molecule has 0 aromatic rings. The topological polar surface area (TPSA) is 6.48 Å². The third-order valence-electron chi connectivity index (χ3n) is 2.91. The molecular weight excluding hydrogens is 244 g/mol. The summed E-state index contributed by atoms with van der Waals surface area (Å²) in [6.45, 7) is 12.1. The predicted octanol–water partition coefficient (Wildman–Crippen LogP) is 1.56. The molecule has 2 nitrogen and oxygen atoms in total. The zero-order valence-electron chi connectivity index (χ0n) is 12.3. The van der Waals surface area contributed by atoms with E-state index in [4.69, 9.17) is 0 Å². The predicted molar refractivity (Wildman–Crippen MR) is 84.2 cm³/mol. The molecule has 0 spiro atoms. The fourth-order valence-electron chi connectivity index (χ4n) is 1.75. The average Bonchev–Trinajstić information content (AvgIpc) is 2.46. The fraction of sp³-hybridized carbons (Fsp3) is 0.444. The Bertz CT molecular complexity index is 547. The molecule has 0 N–H and O–H groups in total. The molecule has 1 fully saturated rings. The molecule has 1 aliphatic rings. The van der Waals surface area contributed by atoms with E-state index in [2.05, 4.69) is 77.7 Å². The molecule has 20 heavy (non-hydrogen) atoms. The zero-order valence-corrected chi connectivity index (χ0v) is 12.3. The van der Waals surface area contributed by atoms with E-state index in [0.29, 0.717) is 12.5 Å². The Kier molecular flexibility index (Phi) is 7.62. The van der Waals surface area contributed by atoms with Crippen molar-refractivity contribution >= 4 is 0 Å². The van der Waals surface area contributed by atoms with E-state index >= 15 is 0 Å². The number of hydrogen-bond donors (Lipinski definition) is 0. The highest BCUT2D eigenvalue weighted by Gasteiger charge is 2.16. The first-order valence-corrected chi connectivity index (χ1v) is 6.82. The first-order valence-electron chi connectivity index (χ1n) is 6.82. The Hall–Kier alpha value is -2.26. The summed E-state index contributed by atoms with van der Waals surface area (Å²) in [6.07, 6.45) is 2.40. The molecule has 0 unspecified atom stereocenters. The molecule has 1 heterocycles. The second kappa shape index (κ2) is 9.64. The van der Waals surface area contributed by atoms with Crippen molar-refractivity contribution in [2.45, 2.75) is 26.3 Å². The molecule has 102 valence electrons. The molecule has 1 rings (SSSR count). The molecule has 0 saturated carbocycles. The van der Waals surface area contributed by atoms with Crippen molar-refractivity contribution in [3.8, 4) is 47.5 Å². The molecular formula is C18H20N2. The van der Waals surface area contributed by atoms with Gasteiger partial charge in [0.2, 0.25) is 0 Å². The van der Waals surface area contributed by atoms with E-state index in [0.717, 1.165) is 26.2 Å². The molecule has 1 aliphatic heterocycles. The summed E-state index contributed by atoms with van der Waals surface area (Å²) in [5, 5.41) is 0. The van der Waals surface area contributed by atoms with Crippen molar-refractivity contribution in [1.82, 2.24) is 9.80 Å². The van der Waals surface area contributed by atoms with Crippen LogP contribution in [0.15, 0.2) is 12.7 Å². The van der Waals surface area contributed by atoms with Gasteiger partial charge in [0.05, 0.1) is 0 Å². The van der Waals surface area contributed by atoms with Crippen molar-refractivity contribution in [3.63, 3.8) is 0 Å². The number of nitrogens with zero attached hydrogens (tertiary/aromatic N) is 2. The van der Waals surface area contributed by atoms with Gasteiger partial charge in [-0.05, 0) is 31.6 Å². The fourth-order valence-corrected chi connectivity index (χ4v) is 1.75. The number of rotatable bonds is 2. The van der Waals surface area contributed by atoms with Crippen LogP contribution in [0.4, 0.5) is 0 Å². The highest BCUT2D eigenvalue weighted by Crippen LogP contribution is 2.04. The highest BCUT2D eigenvalue weighted by molar-refractivity contribution is 5.40. The third kappa shape index (κ3) is 6.61. The summed E-state index contributed by atoms with van der Waals surface area (Å²) in [4.78, 5) is 4.57. The monoisotopic (exact) mass is 264 g/mol. The second-order valence-corrected chi connectivity index (χ2v) is 4.65. The van der Waals surface area contributed by atoms with Gasteiger partial charge in [-0.1, -0.05) is 12.0 Å². The van der Waals surface area contributed by atoms with Crippen molar-refractivity contribution in [2.75, 3.05) is 26.2 Å². The molecule has 0 amide bonds. The molecule has 0 radical (unpaired) electrons. The van der Waals surface area contributed by atoms with E-state index in [1.54, 1.807) is 6.08 Å². The Morgan fingerprint density at radius 3 is 2.15 bits per heavy atom. The van der Waals surface area contributed by atoms with Crippen LogP contribution in [-0.2, 0) is 0 Å². The van der Waals surface area contributed by atoms with Crippen molar-refractivity contribution in [2.24, 2.45) is 0 Å². The summed E-state index contributed by atoms with van der Waals surface area (Å²) in [6, 6.07) is 3.67. The van der Waals surface area contributed by atoms with Gasteiger partial charge < -0.3 is 4.90 Å². The lowest BCUT2D eigenvalue weighted by Gasteiger charge is -2.34. The molecule has 0 aliphatic carbocycles. The van der Waals surface area contributed by atoms with Crippen molar-refractivity contribution in [1.29, 1.82) is 0 Å². The molecule has 1 saturated heterocycles. The van der Waals surface area contributed by atoms with Crippen LogP contribution in [0.5, 0.6) is 0 Å². The molecule has 0 aromatic heterocycles. The second-order valence-electron chi connectivity index (χ2n) is 4.65. The highest BCUT2D eigenvalue weighted by atomic mass is 15.3. The van der Waals surface area contributed by atoms with Crippen LogP contribution in [-0.4, -0.2) is 42.0 Å². The van der Waals surface area contributed by atoms with Gasteiger partial charge in [0.1, 0.15) is 0 Å². The van der Waals surface area contributed by atoms with Crippen LogP contribution in [0.3, 0.4) is 0 Å². The van der Waals surface area contributed by atoms with E-state index in [1.807, 2.05) is 0 Å². The van der Waals surface area contributed by atoms with E-state index in [1.165, 1.54) is 0 Å². The normalized spacial score (nSPS) is 13.7. The van der Waals surface area contributed by atoms with Crippen LogP contribution in [0.1, 0.15) is 20.3 Å². The lowest BCUT2D eigenvalue weighted by atomic mass is 10.2. The Morgan fingerprint density at radius 1 is 0.950 bits per heavy atom. The molecule has 2 heteroatoms. The minimum absolute atomic E-state index is 0.613. The van der Waals surface area contributed by atoms with Crippen LogP contribution < -0.4 is 0 Å². The Morgan fingerprint density at radius 2 is 1.55 bits per heavy atom. The van der Waals surface area contributed by atoms with E-state index in [-0.39, 0.29) is 0 Å². The minimum Gasteiger partial charge on any atom is -0.329 e.